The largest absolute Gasteiger partial charge is 0.480 e. The number of amides is 1. The Hall–Kier alpha value is -1.88. The predicted molar refractivity (Wildman–Crippen MR) is 84.7 cm³/mol. The van der Waals surface area contributed by atoms with Crippen LogP contribution in [0.2, 0.25) is 0 Å². The summed E-state index contributed by atoms with van der Waals surface area (Å²) in [6, 6.07) is 7.03. The highest BCUT2D eigenvalue weighted by atomic mass is 16.4. The Labute approximate surface area is 131 Å². The second-order valence-corrected chi connectivity index (χ2v) is 6.27. The zero-order valence-corrected chi connectivity index (χ0v) is 13.2. The number of carboxylic acid groups (broad SMARTS) is 1. The number of benzene rings is 1. The Morgan fingerprint density at radius 2 is 2.18 bits per heavy atom. The van der Waals surface area contributed by atoms with Crippen molar-refractivity contribution in [1.29, 1.82) is 0 Å². The van der Waals surface area contributed by atoms with Gasteiger partial charge in [-0.3, -0.25) is 14.5 Å². The average Bonchev–Trinajstić information content (AvgIpc) is 2.93. The molecule has 0 spiro atoms. The van der Waals surface area contributed by atoms with Gasteiger partial charge in [0, 0.05) is 18.7 Å². The predicted octanol–water partition coefficient (Wildman–Crippen LogP) is 2.12. The summed E-state index contributed by atoms with van der Waals surface area (Å²) in [5.41, 5.74) is 1.61. The molecule has 0 aromatic heterocycles. The number of likely N-dealkylation sites (tertiary alicyclic amines) is 1. The van der Waals surface area contributed by atoms with Crippen LogP contribution in [-0.4, -0.2) is 41.0 Å². The first kappa shape index (κ1) is 16.5. The Bertz CT molecular complexity index is 542. The molecule has 5 heteroatoms. The SMILES string of the molecule is CC(C)CNC(=O)c1cccc(CN2CCCC2C(=O)O)c1. The van der Waals surface area contributed by atoms with E-state index in [9.17, 15) is 14.7 Å². The minimum atomic E-state index is -0.761. The molecule has 1 heterocycles. The quantitative estimate of drug-likeness (QED) is 0.844. The molecule has 0 saturated carbocycles. The van der Waals surface area contributed by atoms with Gasteiger partial charge in [0.1, 0.15) is 6.04 Å². The Morgan fingerprint density at radius 1 is 1.41 bits per heavy atom. The van der Waals surface area contributed by atoms with E-state index in [4.69, 9.17) is 0 Å². The van der Waals surface area contributed by atoms with Gasteiger partial charge in [0.25, 0.3) is 5.91 Å². The molecule has 5 nitrogen and oxygen atoms in total. The summed E-state index contributed by atoms with van der Waals surface area (Å²) >= 11 is 0. The van der Waals surface area contributed by atoms with E-state index in [1.165, 1.54) is 0 Å². The van der Waals surface area contributed by atoms with E-state index in [-0.39, 0.29) is 5.91 Å². The van der Waals surface area contributed by atoms with Gasteiger partial charge in [0.2, 0.25) is 0 Å². The summed E-state index contributed by atoms with van der Waals surface area (Å²) in [5.74, 6) is -0.428. The van der Waals surface area contributed by atoms with Crippen molar-refractivity contribution >= 4 is 11.9 Å². The van der Waals surface area contributed by atoms with Crippen molar-refractivity contribution in [2.75, 3.05) is 13.1 Å². The van der Waals surface area contributed by atoms with Crippen molar-refractivity contribution in [2.45, 2.75) is 39.3 Å². The lowest BCUT2D eigenvalue weighted by molar-refractivity contribution is -0.142. The van der Waals surface area contributed by atoms with Crippen molar-refractivity contribution in [1.82, 2.24) is 10.2 Å². The van der Waals surface area contributed by atoms with Crippen LogP contribution in [0.1, 0.15) is 42.6 Å². The third-order valence-electron chi connectivity index (χ3n) is 3.89. The monoisotopic (exact) mass is 304 g/mol. The number of hydrogen-bond donors (Lipinski definition) is 2. The molecule has 22 heavy (non-hydrogen) atoms. The lowest BCUT2D eigenvalue weighted by Gasteiger charge is -2.21. The van der Waals surface area contributed by atoms with Crippen molar-refractivity contribution < 1.29 is 14.7 Å². The van der Waals surface area contributed by atoms with Crippen molar-refractivity contribution in [2.24, 2.45) is 5.92 Å². The number of carboxylic acids is 1. The van der Waals surface area contributed by atoms with Crippen LogP contribution in [0, 0.1) is 5.92 Å². The number of nitrogens with zero attached hydrogens (tertiary/aromatic N) is 1. The van der Waals surface area contributed by atoms with E-state index >= 15 is 0 Å². The maximum atomic E-state index is 12.1. The van der Waals surface area contributed by atoms with Crippen LogP contribution in [0.5, 0.6) is 0 Å². The second kappa shape index (κ2) is 7.40. The van der Waals surface area contributed by atoms with E-state index in [1.807, 2.05) is 23.1 Å². The molecule has 1 aromatic rings. The summed E-state index contributed by atoms with van der Waals surface area (Å²) in [7, 11) is 0. The molecule has 2 N–H and O–H groups in total. The van der Waals surface area contributed by atoms with Crippen LogP contribution < -0.4 is 5.32 Å². The van der Waals surface area contributed by atoms with Crippen LogP contribution >= 0.6 is 0 Å². The van der Waals surface area contributed by atoms with Crippen LogP contribution in [-0.2, 0) is 11.3 Å². The normalized spacial score (nSPS) is 18.6. The highest BCUT2D eigenvalue weighted by Crippen LogP contribution is 2.20. The Balaban J connectivity index is 2.02. The average molecular weight is 304 g/mol. The fourth-order valence-corrected chi connectivity index (χ4v) is 2.74. The van der Waals surface area contributed by atoms with Crippen LogP contribution in [0.3, 0.4) is 0 Å². The van der Waals surface area contributed by atoms with Gasteiger partial charge in [0.15, 0.2) is 0 Å². The molecule has 120 valence electrons. The van der Waals surface area contributed by atoms with E-state index in [1.54, 1.807) is 6.07 Å². The fraction of sp³-hybridized carbons (Fsp3) is 0.529. The molecule has 0 bridgehead atoms. The number of nitrogens with one attached hydrogen (secondary N) is 1. The first-order valence-electron chi connectivity index (χ1n) is 7.81. The van der Waals surface area contributed by atoms with Gasteiger partial charge in [0.05, 0.1) is 0 Å². The Kier molecular flexibility index (Phi) is 5.55. The zero-order valence-electron chi connectivity index (χ0n) is 13.2. The molecule has 1 saturated heterocycles. The number of carbonyl (C=O) groups is 2. The zero-order chi connectivity index (χ0) is 16.1. The summed E-state index contributed by atoms with van der Waals surface area (Å²) in [5, 5.41) is 12.1. The van der Waals surface area contributed by atoms with Crippen molar-refractivity contribution in [3.05, 3.63) is 35.4 Å². The molecule has 1 atom stereocenters. The van der Waals surface area contributed by atoms with E-state index in [0.717, 1.165) is 18.5 Å². The lowest BCUT2D eigenvalue weighted by Crippen LogP contribution is -2.35. The molecule has 1 fully saturated rings. The smallest absolute Gasteiger partial charge is 0.320 e. The lowest BCUT2D eigenvalue weighted by atomic mass is 10.1. The first-order chi connectivity index (χ1) is 10.5. The standard InChI is InChI=1S/C17H24N2O3/c1-12(2)10-18-16(20)14-6-3-5-13(9-14)11-19-8-4-7-15(19)17(21)22/h3,5-6,9,12,15H,4,7-8,10-11H2,1-2H3,(H,18,20)(H,21,22). The third-order valence-corrected chi connectivity index (χ3v) is 3.89. The van der Waals surface area contributed by atoms with Gasteiger partial charge in [-0.05, 0) is 43.0 Å². The molecular formula is C17H24N2O3. The first-order valence-corrected chi connectivity index (χ1v) is 7.81. The second-order valence-electron chi connectivity index (χ2n) is 6.27. The molecule has 1 aliphatic rings. The van der Waals surface area contributed by atoms with Gasteiger partial charge < -0.3 is 10.4 Å². The van der Waals surface area contributed by atoms with Gasteiger partial charge >= 0.3 is 5.97 Å². The fourth-order valence-electron chi connectivity index (χ4n) is 2.74. The summed E-state index contributed by atoms with van der Waals surface area (Å²) < 4.78 is 0. The highest BCUT2D eigenvalue weighted by Gasteiger charge is 2.30. The number of carbonyl (C=O) groups excluding carboxylic acids is 1. The summed E-state index contributed by atoms with van der Waals surface area (Å²) in [4.78, 5) is 25.3. The third kappa shape index (κ3) is 4.31. The number of aliphatic carboxylic acids is 1. The van der Waals surface area contributed by atoms with Crippen LogP contribution in [0.25, 0.3) is 0 Å². The van der Waals surface area contributed by atoms with Crippen LogP contribution in [0.4, 0.5) is 0 Å². The number of rotatable bonds is 6. The Morgan fingerprint density at radius 3 is 2.86 bits per heavy atom. The number of hydrogen-bond acceptors (Lipinski definition) is 3. The molecule has 1 aromatic carbocycles. The molecule has 1 amide bonds. The molecular weight excluding hydrogens is 280 g/mol. The van der Waals surface area contributed by atoms with E-state index in [2.05, 4.69) is 19.2 Å². The highest BCUT2D eigenvalue weighted by molar-refractivity contribution is 5.94. The molecule has 1 unspecified atom stereocenters. The minimum absolute atomic E-state index is 0.0771. The molecule has 2 rings (SSSR count). The van der Waals surface area contributed by atoms with Crippen LogP contribution in [0.15, 0.2) is 24.3 Å². The van der Waals surface area contributed by atoms with Gasteiger partial charge in [-0.1, -0.05) is 26.0 Å². The maximum Gasteiger partial charge on any atom is 0.320 e. The maximum absolute atomic E-state index is 12.1. The van der Waals surface area contributed by atoms with Crippen molar-refractivity contribution in [3.63, 3.8) is 0 Å². The topological polar surface area (TPSA) is 69.6 Å². The molecule has 1 aliphatic heterocycles. The van der Waals surface area contributed by atoms with Gasteiger partial charge in [-0.2, -0.15) is 0 Å². The summed E-state index contributed by atoms with van der Waals surface area (Å²) in [6.07, 6.45) is 1.61. The van der Waals surface area contributed by atoms with Gasteiger partial charge in [-0.25, -0.2) is 0 Å². The van der Waals surface area contributed by atoms with Gasteiger partial charge in [-0.15, -0.1) is 0 Å². The van der Waals surface area contributed by atoms with Crippen molar-refractivity contribution in [3.8, 4) is 0 Å². The van der Waals surface area contributed by atoms with E-state index in [0.29, 0.717) is 31.0 Å². The minimum Gasteiger partial charge on any atom is -0.480 e. The summed E-state index contributed by atoms with van der Waals surface area (Å²) in [6.45, 7) is 6.12. The molecule has 0 radical (unpaired) electrons. The molecule has 0 aliphatic carbocycles. The van der Waals surface area contributed by atoms with E-state index < -0.39 is 12.0 Å².